The number of nitriles is 1. The van der Waals surface area contributed by atoms with Crippen LogP contribution in [0.5, 0.6) is 0 Å². The van der Waals surface area contributed by atoms with Crippen LogP contribution in [0.3, 0.4) is 0 Å². The van der Waals surface area contributed by atoms with Gasteiger partial charge in [-0.05, 0) is 32.0 Å². The molecule has 0 bridgehead atoms. The topological polar surface area (TPSA) is 175 Å². The Morgan fingerprint density at radius 2 is 2.07 bits per heavy atom. The number of nitrogens with zero attached hydrogens (tertiary/aromatic N) is 5. The van der Waals surface area contributed by atoms with E-state index in [0.717, 1.165) is 0 Å². The Balaban J connectivity index is 2.14. The Labute approximate surface area is 171 Å². The van der Waals surface area contributed by atoms with Crippen molar-refractivity contribution in [2.75, 3.05) is 23.3 Å². The second-order valence-electron chi connectivity index (χ2n) is 6.37. The van der Waals surface area contributed by atoms with Gasteiger partial charge in [-0.15, -0.1) is 0 Å². The average molecular weight is 414 g/mol. The SMILES string of the molecule is CC(Nc1nc(N)nc(N)c1C#N)c1nc2cccc(Cl)c2c(=O)n1CCCN. The van der Waals surface area contributed by atoms with E-state index in [1.807, 2.05) is 6.07 Å². The third-order valence-electron chi connectivity index (χ3n) is 4.35. The highest BCUT2D eigenvalue weighted by Gasteiger charge is 2.20. The van der Waals surface area contributed by atoms with E-state index < -0.39 is 6.04 Å². The van der Waals surface area contributed by atoms with Gasteiger partial charge in [0.15, 0.2) is 5.82 Å². The van der Waals surface area contributed by atoms with Crippen LogP contribution < -0.4 is 28.1 Å². The maximum absolute atomic E-state index is 13.1. The van der Waals surface area contributed by atoms with Crippen molar-refractivity contribution in [2.45, 2.75) is 25.9 Å². The number of anilines is 3. The largest absolute Gasteiger partial charge is 0.382 e. The second kappa shape index (κ2) is 8.30. The first-order valence-electron chi connectivity index (χ1n) is 8.86. The van der Waals surface area contributed by atoms with Crippen LogP contribution in [-0.4, -0.2) is 26.1 Å². The zero-order valence-electron chi connectivity index (χ0n) is 15.7. The lowest BCUT2D eigenvalue weighted by Crippen LogP contribution is -2.29. The first kappa shape index (κ1) is 20.3. The van der Waals surface area contributed by atoms with Gasteiger partial charge in [0, 0.05) is 6.54 Å². The molecule has 150 valence electrons. The predicted octanol–water partition coefficient (Wildman–Crippen LogP) is 1.40. The van der Waals surface area contributed by atoms with Gasteiger partial charge in [0.1, 0.15) is 23.3 Å². The predicted molar refractivity (Wildman–Crippen MR) is 112 cm³/mol. The van der Waals surface area contributed by atoms with Crippen LogP contribution >= 0.6 is 11.6 Å². The van der Waals surface area contributed by atoms with Crippen LogP contribution in [-0.2, 0) is 6.54 Å². The highest BCUT2D eigenvalue weighted by Crippen LogP contribution is 2.25. The summed E-state index contributed by atoms with van der Waals surface area (Å²) in [6.07, 6.45) is 0.577. The van der Waals surface area contributed by atoms with E-state index >= 15 is 0 Å². The summed E-state index contributed by atoms with van der Waals surface area (Å²) >= 11 is 6.23. The molecule has 7 N–H and O–H groups in total. The van der Waals surface area contributed by atoms with Crippen LogP contribution in [0.2, 0.25) is 5.02 Å². The van der Waals surface area contributed by atoms with Crippen molar-refractivity contribution in [3.63, 3.8) is 0 Å². The molecule has 0 aliphatic carbocycles. The molecule has 2 heterocycles. The number of hydrogen-bond donors (Lipinski definition) is 4. The van der Waals surface area contributed by atoms with Crippen molar-refractivity contribution in [3.05, 3.63) is 45.0 Å². The molecule has 3 aromatic rings. The Hall–Kier alpha value is -3.42. The number of nitrogens with one attached hydrogen (secondary N) is 1. The zero-order chi connectivity index (χ0) is 21.1. The van der Waals surface area contributed by atoms with Gasteiger partial charge in [-0.25, -0.2) is 4.98 Å². The Bertz CT molecular complexity index is 1170. The number of halogens is 1. The summed E-state index contributed by atoms with van der Waals surface area (Å²) in [5.41, 5.74) is 17.3. The number of rotatable bonds is 6. The fourth-order valence-electron chi connectivity index (χ4n) is 3.02. The van der Waals surface area contributed by atoms with Crippen molar-refractivity contribution >= 4 is 40.1 Å². The maximum Gasteiger partial charge on any atom is 0.262 e. The smallest absolute Gasteiger partial charge is 0.262 e. The quantitative estimate of drug-likeness (QED) is 0.465. The fraction of sp³-hybridized carbons (Fsp3) is 0.278. The van der Waals surface area contributed by atoms with Crippen molar-refractivity contribution in [3.8, 4) is 6.07 Å². The first-order chi connectivity index (χ1) is 13.9. The van der Waals surface area contributed by atoms with E-state index in [-0.39, 0.29) is 28.7 Å². The third kappa shape index (κ3) is 3.91. The lowest BCUT2D eigenvalue weighted by molar-refractivity contribution is 0.570. The summed E-state index contributed by atoms with van der Waals surface area (Å²) < 4.78 is 1.53. The highest BCUT2D eigenvalue weighted by atomic mass is 35.5. The molecular weight excluding hydrogens is 394 g/mol. The van der Waals surface area contributed by atoms with E-state index in [1.54, 1.807) is 25.1 Å². The normalized spacial score (nSPS) is 11.9. The van der Waals surface area contributed by atoms with Crippen LogP contribution in [0.25, 0.3) is 10.9 Å². The summed E-state index contributed by atoms with van der Waals surface area (Å²) in [7, 11) is 0. The number of hydrogen-bond acceptors (Lipinski definition) is 9. The van der Waals surface area contributed by atoms with Gasteiger partial charge >= 0.3 is 0 Å². The summed E-state index contributed by atoms with van der Waals surface area (Å²) in [5.74, 6) is 0.497. The average Bonchev–Trinajstić information content (AvgIpc) is 2.66. The molecule has 0 aliphatic rings. The molecule has 3 rings (SSSR count). The lowest BCUT2D eigenvalue weighted by Gasteiger charge is -2.20. The summed E-state index contributed by atoms with van der Waals surface area (Å²) in [4.78, 5) is 25.6. The minimum atomic E-state index is -0.510. The molecule has 1 unspecified atom stereocenters. The Morgan fingerprint density at radius 1 is 1.31 bits per heavy atom. The number of nitrogen functional groups attached to an aromatic ring is 2. The number of aromatic nitrogens is 4. The highest BCUT2D eigenvalue weighted by molar-refractivity contribution is 6.35. The van der Waals surface area contributed by atoms with Crippen LogP contribution in [0.1, 0.15) is 30.8 Å². The zero-order valence-corrected chi connectivity index (χ0v) is 16.4. The number of fused-ring (bicyclic) bond motifs is 1. The molecule has 11 heteroatoms. The molecule has 0 spiro atoms. The standard InChI is InChI=1S/C18H20ClN9O/c1-9(24-15-10(8-21)14(22)26-18(23)27-15)16-25-12-5-2-4-11(19)13(12)17(29)28(16)7-3-6-20/h2,4-5,9H,3,6-7,20H2,1H3,(H5,22,23,24,26,27). The third-order valence-corrected chi connectivity index (χ3v) is 4.67. The monoisotopic (exact) mass is 413 g/mol. The van der Waals surface area contributed by atoms with Gasteiger partial charge in [-0.1, -0.05) is 17.7 Å². The Morgan fingerprint density at radius 3 is 2.76 bits per heavy atom. The van der Waals surface area contributed by atoms with Crippen molar-refractivity contribution in [1.29, 1.82) is 5.26 Å². The maximum atomic E-state index is 13.1. The number of nitrogens with two attached hydrogens (primary N) is 3. The van der Waals surface area contributed by atoms with Crippen molar-refractivity contribution < 1.29 is 0 Å². The molecule has 0 aliphatic heterocycles. The van der Waals surface area contributed by atoms with Crippen LogP contribution in [0.4, 0.5) is 17.6 Å². The van der Waals surface area contributed by atoms with Crippen LogP contribution in [0, 0.1) is 11.3 Å². The molecule has 29 heavy (non-hydrogen) atoms. The van der Waals surface area contributed by atoms with Gasteiger partial charge in [0.25, 0.3) is 5.56 Å². The molecule has 1 aromatic carbocycles. The van der Waals surface area contributed by atoms with Gasteiger partial charge in [0.2, 0.25) is 5.95 Å². The molecule has 0 saturated carbocycles. The van der Waals surface area contributed by atoms with Gasteiger partial charge in [-0.3, -0.25) is 9.36 Å². The first-order valence-corrected chi connectivity index (χ1v) is 9.23. The second-order valence-corrected chi connectivity index (χ2v) is 6.78. The van der Waals surface area contributed by atoms with Gasteiger partial charge in [-0.2, -0.15) is 15.2 Å². The molecule has 10 nitrogen and oxygen atoms in total. The molecule has 2 aromatic heterocycles. The lowest BCUT2D eigenvalue weighted by atomic mass is 10.2. The minimum Gasteiger partial charge on any atom is -0.382 e. The molecular formula is C18H20ClN9O. The molecule has 0 radical (unpaired) electrons. The van der Waals surface area contributed by atoms with E-state index in [1.165, 1.54) is 4.57 Å². The van der Waals surface area contributed by atoms with E-state index in [2.05, 4.69) is 20.3 Å². The molecule has 0 fully saturated rings. The van der Waals surface area contributed by atoms with E-state index in [9.17, 15) is 10.1 Å². The van der Waals surface area contributed by atoms with Crippen LogP contribution in [0.15, 0.2) is 23.0 Å². The van der Waals surface area contributed by atoms with E-state index in [4.69, 9.17) is 28.8 Å². The summed E-state index contributed by atoms with van der Waals surface area (Å²) in [6.45, 7) is 2.56. The van der Waals surface area contributed by atoms with Crippen molar-refractivity contribution in [1.82, 2.24) is 19.5 Å². The van der Waals surface area contributed by atoms with E-state index in [0.29, 0.717) is 41.3 Å². The fourth-order valence-corrected chi connectivity index (χ4v) is 3.27. The summed E-state index contributed by atoms with van der Waals surface area (Å²) in [5, 5.41) is 13.1. The minimum absolute atomic E-state index is 0.0338. The molecule has 0 saturated heterocycles. The number of benzene rings is 1. The van der Waals surface area contributed by atoms with Gasteiger partial charge in [0.05, 0.1) is 22.0 Å². The summed E-state index contributed by atoms with van der Waals surface area (Å²) in [6, 6.07) is 6.53. The molecule has 0 amide bonds. The molecule has 1 atom stereocenters. The van der Waals surface area contributed by atoms with Crippen molar-refractivity contribution in [2.24, 2.45) is 5.73 Å². The van der Waals surface area contributed by atoms with Gasteiger partial charge < -0.3 is 22.5 Å². The Kier molecular flexibility index (Phi) is 5.81.